The van der Waals surface area contributed by atoms with Gasteiger partial charge in [-0.25, -0.2) is 0 Å². The van der Waals surface area contributed by atoms with Crippen LogP contribution >= 0.6 is 0 Å². The molecule has 12 aromatic rings. The van der Waals surface area contributed by atoms with E-state index < -0.39 is 0 Å². The second-order valence-corrected chi connectivity index (χ2v) is 15.3. The van der Waals surface area contributed by atoms with E-state index in [9.17, 15) is 0 Å². The van der Waals surface area contributed by atoms with Crippen molar-refractivity contribution in [2.75, 3.05) is 4.90 Å². The highest BCUT2D eigenvalue weighted by molar-refractivity contribution is 6.12. The number of benzene rings is 10. The molecule has 0 saturated heterocycles. The number of rotatable bonds is 6. The van der Waals surface area contributed by atoms with Gasteiger partial charge in [0.15, 0.2) is 0 Å². The van der Waals surface area contributed by atoms with Gasteiger partial charge in [-0.15, -0.1) is 0 Å². The van der Waals surface area contributed by atoms with Gasteiger partial charge >= 0.3 is 0 Å². The van der Waals surface area contributed by atoms with Crippen LogP contribution in [0.3, 0.4) is 0 Å². The molecule has 0 amide bonds. The van der Waals surface area contributed by atoms with Crippen LogP contribution in [0, 0.1) is 0 Å². The van der Waals surface area contributed by atoms with E-state index in [1.54, 1.807) is 0 Å². The summed E-state index contributed by atoms with van der Waals surface area (Å²) in [5.74, 6) is 0. The summed E-state index contributed by atoms with van der Waals surface area (Å²) in [6.07, 6.45) is 0. The zero-order valence-corrected chi connectivity index (χ0v) is 32.0. The Morgan fingerprint density at radius 1 is 0.271 bits per heavy atom. The van der Waals surface area contributed by atoms with Gasteiger partial charge in [0.05, 0.1) is 0 Å². The van der Waals surface area contributed by atoms with Crippen LogP contribution in [-0.4, -0.2) is 0 Å². The van der Waals surface area contributed by atoms with E-state index in [0.717, 1.165) is 94.3 Å². The molecular formula is C56H35NO2. The number of para-hydroxylation sites is 4. The molecule has 12 rings (SSSR count). The van der Waals surface area contributed by atoms with E-state index >= 15 is 0 Å². The Balaban J connectivity index is 1.04. The van der Waals surface area contributed by atoms with Crippen molar-refractivity contribution >= 4 is 82.5 Å². The van der Waals surface area contributed by atoms with Crippen LogP contribution in [-0.2, 0) is 0 Å². The van der Waals surface area contributed by atoms with Gasteiger partial charge < -0.3 is 13.7 Å². The largest absolute Gasteiger partial charge is 0.455 e. The van der Waals surface area contributed by atoms with Gasteiger partial charge in [0.1, 0.15) is 22.3 Å². The Labute approximate surface area is 340 Å². The second kappa shape index (κ2) is 13.4. The molecule has 2 aromatic heterocycles. The lowest BCUT2D eigenvalue weighted by atomic mass is 9.92. The summed E-state index contributed by atoms with van der Waals surface area (Å²) in [5, 5.41) is 9.30. The van der Waals surface area contributed by atoms with Crippen LogP contribution in [0.25, 0.3) is 98.8 Å². The van der Waals surface area contributed by atoms with Gasteiger partial charge in [-0.05, 0) is 111 Å². The third-order valence-corrected chi connectivity index (χ3v) is 11.8. The Hall–Kier alpha value is -7.88. The van der Waals surface area contributed by atoms with E-state index in [2.05, 4.69) is 193 Å². The Morgan fingerprint density at radius 3 is 1.22 bits per heavy atom. The Bertz CT molecular complexity index is 3360. The minimum atomic E-state index is 0.885. The number of furan rings is 2. The lowest BCUT2D eigenvalue weighted by Gasteiger charge is -2.26. The first-order valence-corrected chi connectivity index (χ1v) is 20.1. The van der Waals surface area contributed by atoms with Crippen LogP contribution in [0.1, 0.15) is 0 Å². The Kier molecular flexibility index (Phi) is 7.54. The van der Waals surface area contributed by atoms with Crippen molar-refractivity contribution in [1.82, 2.24) is 0 Å². The van der Waals surface area contributed by atoms with Crippen molar-refractivity contribution in [3.63, 3.8) is 0 Å². The standard InChI is InChI=1S/C56H35NO2/c1-3-13-39-34-45(29-25-36(39)11-1)57(46-30-26-37-12-2-4-14-40(37)35-46)44-27-23-38(24-28-44)41-31-42(47-17-9-19-51-49-15-5-7-21-53(49)58-55(47)51)33-43(32-41)48-18-10-20-52-50-16-6-8-22-54(50)59-56(48)52/h1-35H. The molecule has 0 aliphatic heterocycles. The van der Waals surface area contributed by atoms with Crippen LogP contribution < -0.4 is 4.90 Å². The molecule has 0 atom stereocenters. The third kappa shape index (κ3) is 5.59. The average molecular weight is 754 g/mol. The predicted molar refractivity (Wildman–Crippen MR) is 247 cm³/mol. The lowest BCUT2D eigenvalue weighted by molar-refractivity contribution is 0.670. The van der Waals surface area contributed by atoms with E-state index in [1.165, 1.54) is 21.5 Å². The molecule has 10 aromatic carbocycles. The van der Waals surface area contributed by atoms with Gasteiger partial charge in [-0.3, -0.25) is 0 Å². The summed E-state index contributed by atoms with van der Waals surface area (Å²) in [4.78, 5) is 2.36. The molecule has 0 spiro atoms. The molecule has 0 fully saturated rings. The zero-order chi connectivity index (χ0) is 38.9. The maximum Gasteiger partial charge on any atom is 0.143 e. The number of hydrogen-bond acceptors (Lipinski definition) is 3. The minimum Gasteiger partial charge on any atom is -0.455 e. The second-order valence-electron chi connectivity index (χ2n) is 15.3. The van der Waals surface area contributed by atoms with Gasteiger partial charge in [-0.2, -0.15) is 0 Å². The number of hydrogen-bond donors (Lipinski definition) is 0. The smallest absolute Gasteiger partial charge is 0.143 e. The van der Waals surface area contributed by atoms with Crippen molar-refractivity contribution in [2.24, 2.45) is 0 Å². The predicted octanol–water partition coefficient (Wildman–Crippen LogP) is 16.3. The quantitative estimate of drug-likeness (QED) is 0.169. The molecule has 59 heavy (non-hydrogen) atoms. The molecule has 0 aliphatic rings. The van der Waals surface area contributed by atoms with Crippen molar-refractivity contribution in [3.8, 4) is 33.4 Å². The van der Waals surface area contributed by atoms with Crippen molar-refractivity contribution in [1.29, 1.82) is 0 Å². The van der Waals surface area contributed by atoms with Crippen LogP contribution in [0.2, 0.25) is 0 Å². The average Bonchev–Trinajstić information content (AvgIpc) is 3.88. The molecule has 0 unspecified atom stereocenters. The molecule has 3 heteroatoms. The monoisotopic (exact) mass is 753 g/mol. The van der Waals surface area contributed by atoms with Crippen LogP contribution in [0.15, 0.2) is 221 Å². The highest BCUT2D eigenvalue weighted by Crippen LogP contribution is 2.43. The van der Waals surface area contributed by atoms with Crippen LogP contribution in [0.5, 0.6) is 0 Å². The topological polar surface area (TPSA) is 29.5 Å². The van der Waals surface area contributed by atoms with Crippen LogP contribution in [0.4, 0.5) is 17.1 Å². The molecule has 0 radical (unpaired) electrons. The molecule has 3 nitrogen and oxygen atoms in total. The van der Waals surface area contributed by atoms with Gasteiger partial charge in [-0.1, -0.05) is 146 Å². The molecular weight excluding hydrogens is 719 g/mol. The Morgan fingerprint density at radius 2 is 0.695 bits per heavy atom. The van der Waals surface area contributed by atoms with E-state index in [0.29, 0.717) is 0 Å². The third-order valence-electron chi connectivity index (χ3n) is 11.8. The summed E-state index contributed by atoms with van der Waals surface area (Å²) >= 11 is 0. The molecule has 276 valence electrons. The minimum absolute atomic E-state index is 0.885. The fourth-order valence-electron chi connectivity index (χ4n) is 8.94. The number of anilines is 3. The highest BCUT2D eigenvalue weighted by Gasteiger charge is 2.19. The maximum absolute atomic E-state index is 6.59. The van der Waals surface area contributed by atoms with E-state index in [1.807, 2.05) is 24.3 Å². The first-order chi connectivity index (χ1) is 29.2. The van der Waals surface area contributed by atoms with Gasteiger partial charge in [0.2, 0.25) is 0 Å². The van der Waals surface area contributed by atoms with Crippen molar-refractivity contribution < 1.29 is 8.83 Å². The number of fused-ring (bicyclic) bond motifs is 8. The van der Waals surface area contributed by atoms with Gasteiger partial charge in [0.25, 0.3) is 0 Å². The highest BCUT2D eigenvalue weighted by atomic mass is 16.3. The molecule has 0 N–H and O–H groups in total. The number of nitrogens with zero attached hydrogens (tertiary/aromatic N) is 1. The molecule has 0 aliphatic carbocycles. The molecule has 0 bridgehead atoms. The fraction of sp³-hybridized carbons (Fsp3) is 0. The van der Waals surface area contributed by atoms with E-state index in [-0.39, 0.29) is 0 Å². The maximum atomic E-state index is 6.59. The van der Waals surface area contributed by atoms with E-state index in [4.69, 9.17) is 8.83 Å². The first-order valence-electron chi connectivity index (χ1n) is 20.1. The van der Waals surface area contributed by atoms with Gasteiger partial charge in [0, 0.05) is 49.7 Å². The first kappa shape index (κ1) is 33.3. The zero-order valence-electron chi connectivity index (χ0n) is 32.0. The molecule has 0 saturated carbocycles. The summed E-state index contributed by atoms with van der Waals surface area (Å²) < 4.78 is 13.2. The fourth-order valence-corrected chi connectivity index (χ4v) is 8.94. The lowest BCUT2D eigenvalue weighted by Crippen LogP contribution is -2.09. The summed E-state index contributed by atoms with van der Waals surface area (Å²) in [5.41, 5.74) is 13.3. The summed E-state index contributed by atoms with van der Waals surface area (Å²) in [6.45, 7) is 0. The molecule has 2 heterocycles. The SMILES string of the molecule is c1ccc2cc(N(c3ccc(-c4cc(-c5cccc6c5oc5ccccc56)cc(-c5cccc6c5oc5ccccc56)c4)cc3)c3ccc4ccccc4c3)ccc2c1. The van der Waals surface area contributed by atoms with Crippen molar-refractivity contribution in [2.45, 2.75) is 0 Å². The normalized spacial score (nSPS) is 11.7. The van der Waals surface area contributed by atoms with Crippen molar-refractivity contribution in [3.05, 3.63) is 212 Å². The summed E-state index contributed by atoms with van der Waals surface area (Å²) in [7, 11) is 0. The summed E-state index contributed by atoms with van der Waals surface area (Å²) in [6, 6.07) is 75.9.